The molecule has 204 valence electrons. The third kappa shape index (κ3) is 5.75. The number of hydrogen-bond acceptors (Lipinski definition) is 7. The van der Waals surface area contributed by atoms with Gasteiger partial charge in [-0.2, -0.15) is 10.2 Å². The zero-order chi connectivity index (χ0) is 27.4. The van der Waals surface area contributed by atoms with Crippen molar-refractivity contribution >= 4 is 5.97 Å². The number of esters is 1. The molecule has 0 radical (unpaired) electrons. The summed E-state index contributed by atoms with van der Waals surface area (Å²) in [5.41, 5.74) is 13.1. The van der Waals surface area contributed by atoms with Gasteiger partial charge in [0.25, 0.3) is 0 Å². The molecule has 39 heavy (non-hydrogen) atoms. The minimum atomic E-state index is -0.402. The van der Waals surface area contributed by atoms with E-state index in [2.05, 4.69) is 34.7 Å². The van der Waals surface area contributed by atoms with Crippen LogP contribution in [0.5, 0.6) is 5.75 Å². The number of hydrogen-bond donors (Lipinski definition) is 2. The van der Waals surface area contributed by atoms with Crippen LogP contribution in [-0.4, -0.2) is 36.5 Å². The number of aromatic nitrogens is 2. The SMILES string of the molecule is CN/C=C(\N=N)C1CC1c1c(C(=O)OC)c(C)nn1-c1cccc(-c2cccc(OCC3CCCCC3)c2)c1. The Kier molecular flexibility index (Phi) is 8.10. The summed E-state index contributed by atoms with van der Waals surface area (Å²) in [6, 6.07) is 16.4. The summed E-state index contributed by atoms with van der Waals surface area (Å²) in [4.78, 5) is 12.8. The number of carbonyl (C=O) groups is 1. The van der Waals surface area contributed by atoms with Gasteiger partial charge >= 0.3 is 5.97 Å². The standard InChI is InChI=1S/C31H37N5O3/c1-20-29(31(37)38-3)30(27-17-26(27)28(34-32)18-33-2)36(35-20)24-13-7-11-22(15-24)23-12-8-14-25(16-23)39-19-21-9-5-4-6-10-21/h7-8,11-16,18,21,26-27,32-33H,4-6,9-10,17,19H2,1-3H3/b28-18-,34-32?. The molecule has 0 saturated heterocycles. The topological polar surface area (TPSA) is 102 Å². The summed E-state index contributed by atoms with van der Waals surface area (Å²) in [6.45, 7) is 2.60. The molecule has 0 aliphatic heterocycles. The molecule has 2 fully saturated rings. The lowest BCUT2D eigenvalue weighted by Gasteiger charge is -2.21. The zero-order valence-corrected chi connectivity index (χ0v) is 22.9. The molecule has 1 heterocycles. The highest BCUT2D eigenvalue weighted by molar-refractivity contribution is 5.92. The van der Waals surface area contributed by atoms with Crippen LogP contribution in [0.3, 0.4) is 0 Å². The van der Waals surface area contributed by atoms with Gasteiger partial charge in [0.15, 0.2) is 0 Å². The molecule has 8 nitrogen and oxygen atoms in total. The average molecular weight is 528 g/mol. The first-order chi connectivity index (χ1) is 19.0. The number of allylic oxidation sites excluding steroid dienone is 1. The van der Waals surface area contributed by atoms with E-state index in [9.17, 15) is 4.79 Å². The van der Waals surface area contributed by atoms with E-state index in [-0.39, 0.29) is 11.8 Å². The number of methoxy groups -OCH3 is 1. The summed E-state index contributed by atoms with van der Waals surface area (Å²) in [5.74, 6) is 1.17. The maximum Gasteiger partial charge on any atom is 0.341 e. The molecule has 5 rings (SSSR count). The van der Waals surface area contributed by atoms with Crippen LogP contribution in [0.15, 0.2) is 65.5 Å². The second-order valence-corrected chi connectivity index (χ2v) is 10.6. The second-order valence-electron chi connectivity index (χ2n) is 10.6. The minimum absolute atomic E-state index is 0.00849. The van der Waals surface area contributed by atoms with Crippen LogP contribution in [0.25, 0.3) is 16.8 Å². The number of nitrogens with one attached hydrogen (secondary N) is 2. The number of ether oxygens (including phenoxy) is 2. The van der Waals surface area contributed by atoms with Gasteiger partial charge in [0.05, 0.1) is 36.5 Å². The van der Waals surface area contributed by atoms with Crippen molar-refractivity contribution in [1.82, 2.24) is 15.1 Å². The fraction of sp³-hybridized carbons (Fsp3) is 0.419. The van der Waals surface area contributed by atoms with E-state index in [1.54, 1.807) is 13.2 Å². The van der Waals surface area contributed by atoms with Crippen LogP contribution >= 0.6 is 0 Å². The van der Waals surface area contributed by atoms with Gasteiger partial charge in [-0.25, -0.2) is 15.0 Å². The fourth-order valence-electron chi connectivity index (χ4n) is 5.78. The Morgan fingerprint density at radius 2 is 1.90 bits per heavy atom. The van der Waals surface area contributed by atoms with Gasteiger partial charge in [-0.05, 0) is 67.5 Å². The Morgan fingerprint density at radius 3 is 2.62 bits per heavy atom. The van der Waals surface area contributed by atoms with E-state index in [4.69, 9.17) is 20.1 Å². The van der Waals surface area contributed by atoms with Crippen LogP contribution < -0.4 is 10.1 Å². The van der Waals surface area contributed by atoms with E-state index in [0.29, 0.717) is 22.9 Å². The van der Waals surface area contributed by atoms with Gasteiger partial charge in [0.1, 0.15) is 11.3 Å². The third-order valence-electron chi connectivity index (χ3n) is 7.90. The minimum Gasteiger partial charge on any atom is -0.493 e. The Labute approximate surface area is 229 Å². The van der Waals surface area contributed by atoms with Crippen LogP contribution in [-0.2, 0) is 4.74 Å². The quantitative estimate of drug-likeness (QED) is 0.223. The van der Waals surface area contributed by atoms with Gasteiger partial charge in [-0.3, -0.25) is 0 Å². The summed E-state index contributed by atoms with van der Waals surface area (Å²) < 4.78 is 13.2. The number of carbonyl (C=O) groups excluding carboxylic acids is 1. The van der Waals surface area contributed by atoms with Gasteiger partial charge in [-0.15, -0.1) is 0 Å². The molecule has 2 saturated carbocycles. The average Bonchev–Trinajstić information content (AvgIpc) is 3.69. The molecular formula is C31H37N5O3. The van der Waals surface area contributed by atoms with E-state index in [1.807, 2.05) is 35.9 Å². The van der Waals surface area contributed by atoms with Gasteiger partial charge in [0.2, 0.25) is 0 Å². The van der Waals surface area contributed by atoms with E-state index in [1.165, 1.54) is 39.2 Å². The summed E-state index contributed by atoms with van der Waals surface area (Å²) in [6.07, 6.45) is 8.99. The van der Waals surface area contributed by atoms with Crippen molar-refractivity contribution in [3.8, 4) is 22.6 Å². The van der Waals surface area contributed by atoms with Crippen molar-refractivity contribution in [3.63, 3.8) is 0 Å². The number of rotatable bonds is 10. The molecule has 0 amide bonds. The lowest BCUT2D eigenvalue weighted by molar-refractivity contribution is 0.0598. The van der Waals surface area contributed by atoms with Crippen LogP contribution in [0.2, 0.25) is 0 Å². The maximum absolute atomic E-state index is 12.8. The van der Waals surface area contributed by atoms with E-state index in [0.717, 1.165) is 41.3 Å². The van der Waals surface area contributed by atoms with Gasteiger partial charge in [-0.1, -0.05) is 43.5 Å². The molecular weight excluding hydrogens is 490 g/mol. The van der Waals surface area contributed by atoms with E-state index >= 15 is 0 Å². The smallest absolute Gasteiger partial charge is 0.341 e. The fourth-order valence-corrected chi connectivity index (χ4v) is 5.78. The van der Waals surface area contributed by atoms with E-state index < -0.39 is 5.97 Å². The highest BCUT2D eigenvalue weighted by Gasteiger charge is 2.46. The van der Waals surface area contributed by atoms with Crippen molar-refractivity contribution in [3.05, 3.63) is 77.4 Å². The first-order valence-electron chi connectivity index (χ1n) is 13.8. The first-order valence-corrected chi connectivity index (χ1v) is 13.8. The van der Waals surface area contributed by atoms with Crippen molar-refractivity contribution in [2.45, 2.75) is 51.4 Å². The molecule has 3 aromatic rings. The molecule has 2 aromatic carbocycles. The monoisotopic (exact) mass is 527 g/mol. The Balaban J connectivity index is 1.46. The highest BCUT2D eigenvalue weighted by atomic mass is 16.5. The number of nitrogens with zero attached hydrogens (tertiary/aromatic N) is 3. The summed E-state index contributed by atoms with van der Waals surface area (Å²) in [7, 11) is 3.18. The predicted molar refractivity (Wildman–Crippen MR) is 150 cm³/mol. The lowest BCUT2D eigenvalue weighted by atomic mass is 9.90. The zero-order valence-electron chi connectivity index (χ0n) is 22.9. The van der Waals surface area contributed by atoms with Crippen molar-refractivity contribution in [2.75, 3.05) is 20.8 Å². The van der Waals surface area contributed by atoms with Gasteiger partial charge < -0.3 is 14.8 Å². The summed E-state index contributed by atoms with van der Waals surface area (Å²) >= 11 is 0. The van der Waals surface area contributed by atoms with Crippen LogP contribution in [0.1, 0.15) is 66.2 Å². The molecule has 2 aliphatic rings. The molecule has 2 aliphatic carbocycles. The normalized spacial score (nSPS) is 19.4. The molecule has 0 spiro atoms. The number of benzene rings is 2. The van der Waals surface area contributed by atoms with Crippen molar-refractivity contribution < 1.29 is 14.3 Å². The maximum atomic E-state index is 12.8. The Bertz CT molecular complexity index is 1370. The largest absolute Gasteiger partial charge is 0.493 e. The Morgan fingerprint density at radius 1 is 1.15 bits per heavy atom. The lowest BCUT2D eigenvalue weighted by Crippen LogP contribution is -2.15. The van der Waals surface area contributed by atoms with Crippen molar-refractivity contribution in [1.29, 1.82) is 5.53 Å². The van der Waals surface area contributed by atoms with Crippen LogP contribution in [0, 0.1) is 24.3 Å². The first kappa shape index (κ1) is 26.7. The molecule has 2 unspecified atom stereocenters. The third-order valence-corrected chi connectivity index (χ3v) is 7.90. The highest BCUT2D eigenvalue weighted by Crippen LogP contribution is 2.53. The second kappa shape index (κ2) is 11.8. The molecule has 8 heteroatoms. The van der Waals surface area contributed by atoms with Crippen molar-refractivity contribution in [2.24, 2.45) is 17.0 Å². The number of aryl methyl sites for hydroxylation is 1. The van der Waals surface area contributed by atoms with Gasteiger partial charge in [0, 0.05) is 25.1 Å². The Hall–Kier alpha value is -3.94. The molecule has 0 bridgehead atoms. The molecule has 2 atom stereocenters. The predicted octanol–water partition coefficient (Wildman–Crippen LogP) is 6.79. The summed E-state index contributed by atoms with van der Waals surface area (Å²) in [5, 5.41) is 11.5. The molecule has 1 aromatic heterocycles. The molecule has 2 N–H and O–H groups in total. The van der Waals surface area contributed by atoms with Crippen LogP contribution in [0.4, 0.5) is 0 Å².